The van der Waals surface area contributed by atoms with E-state index >= 15 is 0 Å². The summed E-state index contributed by atoms with van der Waals surface area (Å²) >= 11 is 2.04. The Balaban J connectivity index is 1.79. The van der Waals surface area contributed by atoms with Gasteiger partial charge in [-0.1, -0.05) is 55.8 Å². The van der Waals surface area contributed by atoms with E-state index in [4.69, 9.17) is 0 Å². The summed E-state index contributed by atoms with van der Waals surface area (Å²) in [7, 11) is 1.29. The van der Waals surface area contributed by atoms with Crippen molar-refractivity contribution in [1.29, 1.82) is 0 Å². The van der Waals surface area contributed by atoms with E-state index in [1.165, 1.54) is 25.5 Å². The summed E-state index contributed by atoms with van der Waals surface area (Å²) in [5, 5.41) is 10.9. The lowest BCUT2D eigenvalue weighted by molar-refractivity contribution is -0.129. The lowest BCUT2D eigenvalue weighted by atomic mass is 10.0. The monoisotopic (exact) mass is 584 g/mol. The summed E-state index contributed by atoms with van der Waals surface area (Å²) in [5.74, 6) is -0.597. The SMILES string of the molecule is CCCCNC(=O)CC[C@H](NSI)C(=O)N[C@@H](C)C(=O)NCCc1cccc2ccccc12. The zero-order chi connectivity index (χ0) is 24.1. The number of hydrogen-bond donors (Lipinski definition) is 4. The molecule has 0 unspecified atom stereocenters. The van der Waals surface area contributed by atoms with Crippen LogP contribution in [0.1, 0.15) is 45.1 Å². The van der Waals surface area contributed by atoms with E-state index in [-0.39, 0.29) is 24.1 Å². The van der Waals surface area contributed by atoms with Crippen LogP contribution in [0, 0.1) is 0 Å². The van der Waals surface area contributed by atoms with Crippen LogP contribution >= 0.6 is 30.3 Å². The molecule has 0 aliphatic carbocycles. The number of hydrogen-bond acceptors (Lipinski definition) is 5. The van der Waals surface area contributed by atoms with E-state index < -0.39 is 12.1 Å². The fourth-order valence-electron chi connectivity index (χ4n) is 3.43. The molecule has 4 N–H and O–H groups in total. The molecule has 2 rings (SSSR count). The zero-order valence-corrected chi connectivity index (χ0v) is 22.1. The van der Waals surface area contributed by atoms with Crippen molar-refractivity contribution in [3.8, 4) is 0 Å². The number of halogens is 1. The molecule has 0 saturated heterocycles. The Bertz CT molecular complexity index is 922. The third kappa shape index (κ3) is 9.50. The van der Waals surface area contributed by atoms with Gasteiger partial charge < -0.3 is 16.0 Å². The fraction of sp³-hybridized carbons (Fsp3) is 0.458. The van der Waals surface area contributed by atoms with Gasteiger partial charge in [0, 0.05) is 40.7 Å². The van der Waals surface area contributed by atoms with E-state index in [0.717, 1.165) is 12.8 Å². The van der Waals surface area contributed by atoms with Crippen LogP contribution in [0.4, 0.5) is 0 Å². The van der Waals surface area contributed by atoms with Gasteiger partial charge in [-0.15, -0.1) is 0 Å². The highest BCUT2D eigenvalue weighted by molar-refractivity contribution is 14.2. The molecule has 0 heterocycles. The first-order valence-corrected chi connectivity index (χ1v) is 14.7. The Morgan fingerprint density at radius 3 is 2.52 bits per heavy atom. The first-order chi connectivity index (χ1) is 16.0. The average molecular weight is 585 g/mol. The van der Waals surface area contributed by atoms with Crippen LogP contribution in [0.5, 0.6) is 0 Å². The molecule has 0 bridgehead atoms. The molecule has 0 aliphatic rings. The van der Waals surface area contributed by atoms with Crippen molar-refractivity contribution < 1.29 is 14.4 Å². The van der Waals surface area contributed by atoms with Gasteiger partial charge in [0.25, 0.3) is 0 Å². The molecule has 0 radical (unpaired) electrons. The molecule has 180 valence electrons. The molecule has 0 aliphatic heterocycles. The zero-order valence-electron chi connectivity index (χ0n) is 19.2. The Labute approximate surface area is 212 Å². The number of fused-ring (bicyclic) bond motifs is 1. The van der Waals surface area contributed by atoms with Crippen molar-refractivity contribution in [1.82, 2.24) is 20.7 Å². The molecular formula is C24H33IN4O3S. The van der Waals surface area contributed by atoms with Gasteiger partial charge in [0.2, 0.25) is 17.7 Å². The smallest absolute Gasteiger partial charge is 0.242 e. The van der Waals surface area contributed by atoms with Crippen molar-refractivity contribution in [3.63, 3.8) is 0 Å². The number of rotatable bonds is 14. The van der Waals surface area contributed by atoms with Gasteiger partial charge in [-0.05, 0) is 51.6 Å². The molecule has 9 heteroatoms. The standard InChI is InChI=1S/C24H33IN4O3S/c1-3-4-15-26-22(30)13-12-21(29-33-25)24(32)28-17(2)23(31)27-16-14-19-10-7-9-18-8-5-6-11-20(18)19/h5-11,17,21,29H,3-4,12-16H2,1-2H3,(H,26,30)(H,27,31)(H,28,32)/t17-,21-/m0/s1. The summed E-state index contributed by atoms with van der Waals surface area (Å²) in [6, 6.07) is 13.1. The van der Waals surface area contributed by atoms with E-state index in [0.29, 0.717) is 25.9 Å². The maximum atomic E-state index is 12.7. The number of carbonyl (C=O) groups excluding carboxylic acids is 3. The van der Waals surface area contributed by atoms with Crippen LogP contribution < -0.4 is 20.7 Å². The predicted octanol–water partition coefficient (Wildman–Crippen LogP) is 3.66. The van der Waals surface area contributed by atoms with Gasteiger partial charge in [-0.2, -0.15) is 0 Å². The van der Waals surface area contributed by atoms with E-state index in [1.807, 2.05) is 39.4 Å². The van der Waals surface area contributed by atoms with Crippen LogP contribution in [0.3, 0.4) is 0 Å². The van der Waals surface area contributed by atoms with E-state index in [1.54, 1.807) is 6.92 Å². The number of amides is 3. The van der Waals surface area contributed by atoms with Crippen molar-refractivity contribution in [2.24, 2.45) is 0 Å². The molecular weight excluding hydrogens is 551 g/mol. The maximum absolute atomic E-state index is 12.7. The Morgan fingerprint density at radius 2 is 1.76 bits per heavy atom. The second-order valence-electron chi connectivity index (χ2n) is 7.90. The minimum absolute atomic E-state index is 0.0688. The number of unbranched alkanes of at least 4 members (excludes halogenated alkanes) is 1. The number of benzene rings is 2. The third-order valence-electron chi connectivity index (χ3n) is 5.34. The Kier molecular flexibility index (Phi) is 12.6. The lowest BCUT2D eigenvalue weighted by Gasteiger charge is -2.20. The molecule has 2 aromatic rings. The highest BCUT2D eigenvalue weighted by atomic mass is 127. The van der Waals surface area contributed by atoms with Gasteiger partial charge in [-0.3, -0.25) is 14.4 Å². The van der Waals surface area contributed by atoms with Crippen LogP contribution in [0.15, 0.2) is 42.5 Å². The third-order valence-corrected chi connectivity index (χ3v) is 6.48. The number of carbonyl (C=O) groups is 3. The first-order valence-electron chi connectivity index (χ1n) is 11.3. The summed E-state index contributed by atoms with van der Waals surface area (Å²) in [6.07, 6.45) is 3.26. The van der Waals surface area contributed by atoms with Crippen LogP contribution in [-0.4, -0.2) is 42.9 Å². The fourth-order valence-corrected chi connectivity index (χ4v) is 4.68. The van der Waals surface area contributed by atoms with Crippen molar-refractivity contribution in [2.45, 2.75) is 58.0 Å². The average Bonchev–Trinajstić information content (AvgIpc) is 2.81. The predicted molar refractivity (Wildman–Crippen MR) is 144 cm³/mol. The molecule has 2 aromatic carbocycles. The van der Waals surface area contributed by atoms with Gasteiger partial charge >= 0.3 is 0 Å². The normalized spacial score (nSPS) is 12.7. The van der Waals surface area contributed by atoms with Crippen LogP contribution in [-0.2, 0) is 20.8 Å². The second-order valence-corrected chi connectivity index (χ2v) is 9.61. The summed E-state index contributed by atoms with van der Waals surface area (Å²) in [4.78, 5) is 37.1. The molecule has 0 aromatic heterocycles. The highest BCUT2D eigenvalue weighted by Gasteiger charge is 2.23. The molecule has 3 amide bonds. The maximum Gasteiger partial charge on any atom is 0.242 e. The number of nitrogens with one attached hydrogen (secondary N) is 4. The molecule has 0 spiro atoms. The highest BCUT2D eigenvalue weighted by Crippen LogP contribution is 2.18. The van der Waals surface area contributed by atoms with Crippen molar-refractivity contribution in [2.75, 3.05) is 13.1 Å². The lowest BCUT2D eigenvalue weighted by Crippen LogP contribution is -2.50. The molecule has 0 fully saturated rings. The second kappa shape index (κ2) is 15.1. The Hall–Kier alpha value is -1.85. The van der Waals surface area contributed by atoms with E-state index in [9.17, 15) is 14.4 Å². The van der Waals surface area contributed by atoms with Gasteiger partial charge in [0.1, 0.15) is 6.04 Å². The van der Waals surface area contributed by atoms with Gasteiger partial charge in [0.15, 0.2) is 0 Å². The molecule has 7 nitrogen and oxygen atoms in total. The van der Waals surface area contributed by atoms with Crippen molar-refractivity contribution in [3.05, 3.63) is 48.0 Å². The summed E-state index contributed by atoms with van der Waals surface area (Å²) < 4.78 is 3.01. The summed E-state index contributed by atoms with van der Waals surface area (Å²) in [6.45, 7) is 4.86. The largest absolute Gasteiger partial charge is 0.356 e. The van der Waals surface area contributed by atoms with Crippen LogP contribution in [0.25, 0.3) is 10.8 Å². The molecule has 0 saturated carbocycles. The van der Waals surface area contributed by atoms with Gasteiger partial charge in [0.05, 0.1) is 6.04 Å². The topological polar surface area (TPSA) is 99.3 Å². The first kappa shape index (κ1) is 27.4. The quantitative estimate of drug-likeness (QED) is 0.154. The molecule has 33 heavy (non-hydrogen) atoms. The summed E-state index contributed by atoms with van der Waals surface area (Å²) in [5.41, 5.74) is 1.17. The minimum atomic E-state index is -0.674. The molecule has 2 atom stereocenters. The minimum Gasteiger partial charge on any atom is -0.356 e. The Morgan fingerprint density at radius 1 is 1.00 bits per heavy atom. The van der Waals surface area contributed by atoms with Crippen LogP contribution in [0.2, 0.25) is 0 Å². The van der Waals surface area contributed by atoms with Crippen molar-refractivity contribution >= 4 is 58.8 Å². The van der Waals surface area contributed by atoms with E-state index in [2.05, 4.69) is 51.9 Å². The van der Waals surface area contributed by atoms with Gasteiger partial charge in [-0.25, -0.2) is 4.72 Å².